The van der Waals surface area contributed by atoms with Crippen molar-refractivity contribution in [1.29, 1.82) is 0 Å². The Morgan fingerprint density at radius 1 is 1.50 bits per heavy atom. The normalized spacial score (nSPS) is 19.8. The fourth-order valence-corrected chi connectivity index (χ4v) is 2.85. The molecule has 0 spiro atoms. The Morgan fingerprint density at radius 3 is 2.89 bits per heavy atom. The number of imidazole rings is 1. The van der Waals surface area contributed by atoms with Gasteiger partial charge in [0, 0.05) is 39.1 Å². The summed E-state index contributed by atoms with van der Waals surface area (Å²) >= 11 is 0. The predicted molar refractivity (Wildman–Crippen MR) is 71.1 cm³/mol. The maximum absolute atomic E-state index is 6.07. The lowest BCUT2D eigenvalue weighted by Crippen LogP contribution is -2.61. The first-order chi connectivity index (χ1) is 8.64. The molecule has 18 heavy (non-hydrogen) atoms. The van der Waals surface area contributed by atoms with Gasteiger partial charge in [0.05, 0.1) is 18.7 Å². The molecular formula is C13H24N4O. The maximum atomic E-state index is 6.07. The lowest BCUT2D eigenvalue weighted by molar-refractivity contribution is -0.0315. The molecule has 5 heteroatoms. The Kier molecular flexibility index (Phi) is 4.04. The van der Waals surface area contributed by atoms with Crippen LogP contribution in [0.3, 0.4) is 0 Å². The summed E-state index contributed by atoms with van der Waals surface area (Å²) < 4.78 is 7.65. The molecule has 2 heterocycles. The highest BCUT2D eigenvalue weighted by atomic mass is 16.5. The quantitative estimate of drug-likeness (QED) is 0.838. The first-order valence-electron chi connectivity index (χ1n) is 6.58. The van der Waals surface area contributed by atoms with Gasteiger partial charge in [-0.15, -0.1) is 0 Å². The third kappa shape index (κ3) is 2.18. The van der Waals surface area contributed by atoms with E-state index in [1.807, 2.05) is 12.4 Å². The number of nitrogens with zero attached hydrogens (tertiary/aromatic N) is 3. The zero-order valence-corrected chi connectivity index (χ0v) is 11.6. The third-order valence-corrected chi connectivity index (χ3v) is 4.20. The predicted octanol–water partition coefficient (Wildman–Crippen LogP) is 0.699. The average Bonchev–Trinajstić information content (AvgIpc) is 2.82. The van der Waals surface area contributed by atoms with E-state index in [1.165, 1.54) is 0 Å². The van der Waals surface area contributed by atoms with Crippen molar-refractivity contribution in [2.45, 2.75) is 32.5 Å². The van der Waals surface area contributed by atoms with E-state index in [1.54, 1.807) is 7.11 Å². The van der Waals surface area contributed by atoms with E-state index in [2.05, 4.69) is 28.3 Å². The van der Waals surface area contributed by atoms with Crippen molar-refractivity contribution in [3.63, 3.8) is 0 Å². The summed E-state index contributed by atoms with van der Waals surface area (Å²) in [7, 11) is 1.75. The Morgan fingerprint density at radius 2 is 2.28 bits per heavy atom. The van der Waals surface area contributed by atoms with E-state index in [4.69, 9.17) is 10.5 Å². The van der Waals surface area contributed by atoms with Crippen molar-refractivity contribution < 1.29 is 4.74 Å². The smallest absolute Gasteiger partial charge is 0.122 e. The first-order valence-corrected chi connectivity index (χ1v) is 6.58. The summed E-state index contributed by atoms with van der Waals surface area (Å²) in [6.07, 6.45) is 3.91. The number of nitrogens with two attached hydrogens (primary N) is 1. The van der Waals surface area contributed by atoms with Crippen LogP contribution in [0.1, 0.15) is 19.7 Å². The van der Waals surface area contributed by atoms with Crippen LogP contribution in [0.2, 0.25) is 0 Å². The van der Waals surface area contributed by atoms with Crippen LogP contribution in [0.4, 0.5) is 0 Å². The van der Waals surface area contributed by atoms with Crippen LogP contribution in [0.15, 0.2) is 12.4 Å². The summed E-state index contributed by atoms with van der Waals surface area (Å²) in [6, 6.07) is 0. The average molecular weight is 252 g/mol. The molecule has 0 aliphatic carbocycles. The van der Waals surface area contributed by atoms with E-state index in [0.29, 0.717) is 19.1 Å². The van der Waals surface area contributed by atoms with Crippen molar-refractivity contribution in [3.05, 3.63) is 18.2 Å². The lowest BCUT2D eigenvalue weighted by atomic mass is 9.84. The second kappa shape index (κ2) is 5.38. The highest BCUT2D eigenvalue weighted by molar-refractivity contribution is 5.02. The molecule has 0 amide bonds. The summed E-state index contributed by atoms with van der Waals surface area (Å²) in [5.41, 5.74) is 5.98. The highest BCUT2D eigenvalue weighted by Gasteiger charge is 2.40. The van der Waals surface area contributed by atoms with Gasteiger partial charge in [-0.3, -0.25) is 4.90 Å². The number of ether oxygens (including phenoxy) is 1. The second-order valence-electron chi connectivity index (χ2n) is 5.35. The minimum Gasteiger partial charge on any atom is -0.383 e. The Balaban J connectivity index is 2.23. The summed E-state index contributed by atoms with van der Waals surface area (Å²) in [4.78, 5) is 6.85. The molecule has 0 saturated carbocycles. The van der Waals surface area contributed by atoms with Crippen LogP contribution >= 0.6 is 0 Å². The number of hydrogen-bond donors (Lipinski definition) is 1. The minimum atomic E-state index is -0.0913. The van der Waals surface area contributed by atoms with Crippen molar-refractivity contribution >= 4 is 0 Å². The van der Waals surface area contributed by atoms with E-state index >= 15 is 0 Å². The zero-order valence-electron chi connectivity index (χ0n) is 11.6. The molecule has 0 aromatic carbocycles. The molecule has 2 N–H and O–H groups in total. The Labute approximate surface area is 109 Å². The molecule has 2 rings (SSSR count). The molecule has 5 nitrogen and oxygen atoms in total. The lowest BCUT2D eigenvalue weighted by Gasteiger charge is -2.47. The van der Waals surface area contributed by atoms with Crippen LogP contribution in [0, 0.1) is 5.92 Å². The third-order valence-electron chi connectivity index (χ3n) is 4.20. The number of hydrogen-bond acceptors (Lipinski definition) is 4. The van der Waals surface area contributed by atoms with Gasteiger partial charge in [-0.05, 0) is 5.92 Å². The molecule has 1 aromatic heterocycles. The number of aromatic nitrogens is 2. The first kappa shape index (κ1) is 13.5. The van der Waals surface area contributed by atoms with Gasteiger partial charge in [0.1, 0.15) is 5.82 Å². The van der Waals surface area contributed by atoms with Gasteiger partial charge >= 0.3 is 0 Å². The highest BCUT2D eigenvalue weighted by Crippen LogP contribution is 2.28. The molecule has 1 aromatic rings. The van der Waals surface area contributed by atoms with E-state index in [-0.39, 0.29) is 5.54 Å². The van der Waals surface area contributed by atoms with E-state index in [9.17, 15) is 0 Å². The molecule has 1 aliphatic heterocycles. The fourth-order valence-electron chi connectivity index (χ4n) is 2.85. The molecule has 0 bridgehead atoms. The standard InChI is InChI=1S/C13H24N4O/c1-11(2)13(9-14,10-18-3)17-7-6-16-5-4-15-12(16)8-17/h4-5,11H,6-10,14H2,1-3H3. The van der Waals surface area contributed by atoms with Gasteiger partial charge in [0.2, 0.25) is 0 Å². The van der Waals surface area contributed by atoms with Crippen molar-refractivity contribution in [3.8, 4) is 0 Å². The minimum absolute atomic E-state index is 0.0913. The van der Waals surface area contributed by atoms with Crippen molar-refractivity contribution in [1.82, 2.24) is 14.5 Å². The second-order valence-corrected chi connectivity index (χ2v) is 5.35. The molecular weight excluding hydrogens is 228 g/mol. The van der Waals surface area contributed by atoms with Gasteiger partial charge < -0.3 is 15.0 Å². The molecule has 1 aliphatic rings. The van der Waals surface area contributed by atoms with E-state index < -0.39 is 0 Å². The summed E-state index contributed by atoms with van der Waals surface area (Å²) in [5.74, 6) is 1.57. The van der Waals surface area contributed by atoms with Crippen molar-refractivity contribution in [2.24, 2.45) is 11.7 Å². The Hall–Kier alpha value is -0.910. The van der Waals surface area contributed by atoms with Gasteiger partial charge in [0.25, 0.3) is 0 Å². The molecule has 1 atom stereocenters. The zero-order chi connectivity index (χ0) is 13.2. The maximum Gasteiger partial charge on any atom is 0.122 e. The Bertz CT molecular complexity index is 390. The van der Waals surface area contributed by atoms with Gasteiger partial charge in [0.15, 0.2) is 0 Å². The molecule has 0 radical (unpaired) electrons. The summed E-state index contributed by atoms with van der Waals surface area (Å²) in [5, 5.41) is 0. The van der Waals surface area contributed by atoms with Gasteiger partial charge in [-0.1, -0.05) is 13.8 Å². The monoisotopic (exact) mass is 252 g/mol. The summed E-state index contributed by atoms with van der Waals surface area (Å²) in [6.45, 7) is 8.54. The molecule has 0 saturated heterocycles. The number of methoxy groups -OCH3 is 1. The molecule has 0 fully saturated rings. The van der Waals surface area contributed by atoms with Crippen LogP contribution in [-0.2, 0) is 17.8 Å². The largest absolute Gasteiger partial charge is 0.383 e. The fraction of sp³-hybridized carbons (Fsp3) is 0.769. The SMILES string of the molecule is COCC(CN)(C(C)C)N1CCn2ccnc2C1. The van der Waals surface area contributed by atoms with Gasteiger partial charge in [-0.25, -0.2) is 4.98 Å². The van der Waals surface area contributed by atoms with Gasteiger partial charge in [-0.2, -0.15) is 0 Å². The number of rotatable bonds is 5. The van der Waals surface area contributed by atoms with Crippen LogP contribution in [0.25, 0.3) is 0 Å². The van der Waals surface area contributed by atoms with Crippen LogP contribution in [-0.4, -0.2) is 46.8 Å². The topological polar surface area (TPSA) is 56.3 Å². The number of fused-ring (bicyclic) bond motifs is 1. The van der Waals surface area contributed by atoms with Crippen molar-refractivity contribution in [2.75, 3.05) is 26.8 Å². The van der Waals surface area contributed by atoms with Crippen LogP contribution in [0.5, 0.6) is 0 Å². The van der Waals surface area contributed by atoms with E-state index in [0.717, 1.165) is 25.5 Å². The molecule has 1 unspecified atom stereocenters. The van der Waals surface area contributed by atoms with Crippen LogP contribution < -0.4 is 5.73 Å². The molecule has 102 valence electrons.